The van der Waals surface area contributed by atoms with E-state index in [1.165, 1.54) is 20.1 Å². The average molecular weight is 376 g/mol. The van der Waals surface area contributed by atoms with Crippen molar-refractivity contribution in [2.45, 2.75) is 54.4 Å². The molecule has 0 saturated heterocycles. The molecule has 102 valence electrons. The van der Waals surface area contributed by atoms with Gasteiger partial charge in [0.05, 0.1) is 0 Å². The molecule has 0 aliphatic rings. The average Bonchev–Trinajstić information content (AvgIpc) is 2.08. The number of benzene rings is 1. The molecule has 1 aromatic carbocycles. The van der Waals surface area contributed by atoms with E-state index < -0.39 is 0 Å². The molecule has 0 aliphatic heterocycles. The van der Waals surface area contributed by atoms with E-state index in [-0.39, 0.29) is 0 Å². The van der Waals surface area contributed by atoms with E-state index in [1.54, 1.807) is 0 Å². The molecule has 0 amide bonds. The molecular formula is C16H24Br2. The van der Waals surface area contributed by atoms with Gasteiger partial charge in [-0.3, -0.25) is 0 Å². The SMILES string of the molecule is CC(C)(C)Cc1cc(Br)c(CC(C)(C)C)cc1Br. The highest BCUT2D eigenvalue weighted by Gasteiger charge is 2.18. The van der Waals surface area contributed by atoms with Crippen molar-refractivity contribution in [1.29, 1.82) is 0 Å². The lowest BCUT2D eigenvalue weighted by molar-refractivity contribution is 0.406. The molecule has 0 fully saturated rings. The summed E-state index contributed by atoms with van der Waals surface area (Å²) in [5.41, 5.74) is 3.39. The standard InChI is InChI=1S/C16H24Br2/c1-15(2,3)9-11-7-14(18)12(8-13(11)17)10-16(4,5)6/h7-8H,9-10H2,1-6H3. The van der Waals surface area contributed by atoms with E-state index in [0.29, 0.717) is 10.8 Å². The van der Waals surface area contributed by atoms with Crippen LogP contribution in [0.4, 0.5) is 0 Å². The van der Waals surface area contributed by atoms with Crippen molar-refractivity contribution in [3.05, 3.63) is 32.2 Å². The van der Waals surface area contributed by atoms with Gasteiger partial charge in [-0.15, -0.1) is 0 Å². The minimum absolute atomic E-state index is 0.313. The van der Waals surface area contributed by atoms with Gasteiger partial charge in [0.15, 0.2) is 0 Å². The first-order valence-corrected chi connectivity index (χ1v) is 8.03. The van der Waals surface area contributed by atoms with Crippen LogP contribution >= 0.6 is 31.9 Å². The predicted octanol–water partition coefficient (Wildman–Crippen LogP) is 6.39. The smallest absolute Gasteiger partial charge is 0.0211 e. The second kappa shape index (κ2) is 5.66. The molecule has 0 spiro atoms. The maximum Gasteiger partial charge on any atom is 0.0211 e. The van der Waals surface area contributed by atoms with Crippen LogP contribution in [0.3, 0.4) is 0 Å². The Morgan fingerprint density at radius 2 is 1.00 bits per heavy atom. The lowest BCUT2D eigenvalue weighted by Crippen LogP contribution is -2.12. The zero-order valence-corrected chi connectivity index (χ0v) is 15.5. The van der Waals surface area contributed by atoms with E-state index in [4.69, 9.17) is 0 Å². The quantitative estimate of drug-likeness (QED) is 0.561. The van der Waals surface area contributed by atoms with E-state index in [2.05, 4.69) is 85.5 Å². The van der Waals surface area contributed by atoms with Gasteiger partial charge in [-0.25, -0.2) is 0 Å². The minimum atomic E-state index is 0.313. The summed E-state index contributed by atoms with van der Waals surface area (Å²) in [6.07, 6.45) is 2.17. The normalized spacial score (nSPS) is 12.9. The topological polar surface area (TPSA) is 0 Å². The molecule has 0 atom stereocenters. The minimum Gasteiger partial charge on any atom is -0.0599 e. The Labute approximate surface area is 129 Å². The Morgan fingerprint density at radius 1 is 0.722 bits per heavy atom. The van der Waals surface area contributed by atoms with Crippen molar-refractivity contribution in [3.8, 4) is 0 Å². The molecule has 0 aliphatic carbocycles. The summed E-state index contributed by atoms with van der Waals surface area (Å²) in [4.78, 5) is 0. The van der Waals surface area contributed by atoms with Crippen molar-refractivity contribution < 1.29 is 0 Å². The lowest BCUT2D eigenvalue weighted by Gasteiger charge is -2.22. The van der Waals surface area contributed by atoms with Gasteiger partial charge in [0.2, 0.25) is 0 Å². The summed E-state index contributed by atoms with van der Waals surface area (Å²) in [5.74, 6) is 0. The fourth-order valence-corrected chi connectivity index (χ4v) is 3.10. The molecule has 2 heteroatoms. The number of hydrogen-bond donors (Lipinski definition) is 0. The van der Waals surface area contributed by atoms with Crippen molar-refractivity contribution in [1.82, 2.24) is 0 Å². The maximum absolute atomic E-state index is 3.72. The monoisotopic (exact) mass is 374 g/mol. The Kier molecular flexibility index (Phi) is 5.11. The van der Waals surface area contributed by atoms with Gasteiger partial charge in [-0.2, -0.15) is 0 Å². The molecular weight excluding hydrogens is 352 g/mol. The van der Waals surface area contributed by atoms with E-state index in [9.17, 15) is 0 Å². The van der Waals surface area contributed by atoms with Crippen LogP contribution in [-0.4, -0.2) is 0 Å². The highest BCUT2D eigenvalue weighted by Crippen LogP contribution is 2.33. The van der Waals surface area contributed by atoms with E-state index >= 15 is 0 Å². The Bertz CT molecular complexity index is 378. The summed E-state index contributed by atoms with van der Waals surface area (Å²) in [6.45, 7) is 13.6. The first kappa shape index (κ1) is 16.2. The third-order valence-electron chi connectivity index (χ3n) is 2.66. The Balaban J connectivity index is 3.05. The molecule has 0 saturated carbocycles. The fourth-order valence-electron chi connectivity index (χ4n) is 2.04. The van der Waals surface area contributed by atoms with Gasteiger partial charge in [0, 0.05) is 8.95 Å². The molecule has 0 N–H and O–H groups in total. The maximum atomic E-state index is 3.72. The summed E-state index contributed by atoms with van der Waals surface area (Å²) >= 11 is 7.44. The van der Waals surface area contributed by atoms with Gasteiger partial charge in [-0.05, 0) is 46.9 Å². The van der Waals surface area contributed by atoms with Crippen LogP contribution in [0.2, 0.25) is 0 Å². The molecule has 0 unspecified atom stereocenters. The van der Waals surface area contributed by atoms with Crippen LogP contribution in [0, 0.1) is 10.8 Å². The highest BCUT2D eigenvalue weighted by molar-refractivity contribution is 9.11. The van der Waals surface area contributed by atoms with Crippen LogP contribution in [0.1, 0.15) is 52.7 Å². The zero-order valence-electron chi connectivity index (χ0n) is 12.3. The summed E-state index contributed by atoms with van der Waals surface area (Å²) in [6, 6.07) is 4.55. The first-order chi connectivity index (χ1) is 7.98. The largest absolute Gasteiger partial charge is 0.0599 e. The third kappa shape index (κ3) is 5.44. The molecule has 1 rings (SSSR count). The van der Waals surface area contributed by atoms with Crippen molar-refractivity contribution in [2.24, 2.45) is 10.8 Å². The summed E-state index contributed by atoms with van der Waals surface area (Å²) < 4.78 is 2.47. The van der Waals surface area contributed by atoms with Crippen LogP contribution in [0.5, 0.6) is 0 Å². The van der Waals surface area contributed by atoms with Crippen molar-refractivity contribution in [2.75, 3.05) is 0 Å². The first-order valence-electron chi connectivity index (χ1n) is 6.45. The molecule has 0 aromatic heterocycles. The Morgan fingerprint density at radius 3 is 1.22 bits per heavy atom. The van der Waals surface area contributed by atoms with E-state index in [0.717, 1.165) is 12.8 Å². The number of hydrogen-bond acceptors (Lipinski definition) is 0. The van der Waals surface area contributed by atoms with Crippen LogP contribution in [-0.2, 0) is 12.8 Å². The second-order valence-corrected chi connectivity index (χ2v) is 9.22. The van der Waals surface area contributed by atoms with Crippen molar-refractivity contribution >= 4 is 31.9 Å². The van der Waals surface area contributed by atoms with Gasteiger partial charge < -0.3 is 0 Å². The highest BCUT2D eigenvalue weighted by atomic mass is 79.9. The molecule has 0 radical (unpaired) electrons. The number of halogens is 2. The molecule has 1 aromatic rings. The van der Waals surface area contributed by atoms with E-state index in [1.807, 2.05) is 0 Å². The lowest BCUT2D eigenvalue weighted by atomic mass is 9.85. The summed E-state index contributed by atoms with van der Waals surface area (Å²) in [5, 5.41) is 0. The van der Waals surface area contributed by atoms with Gasteiger partial charge in [0.1, 0.15) is 0 Å². The molecule has 0 bridgehead atoms. The predicted molar refractivity (Wildman–Crippen MR) is 88.2 cm³/mol. The fraction of sp³-hybridized carbons (Fsp3) is 0.625. The van der Waals surface area contributed by atoms with Crippen LogP contribution < -0.4 is 0 Å². The van der Waals surface area contributed by atoms with Crippen molar-refractivity contribution in [3.63, 3.8) is 0 Å². The molecule has 18 heavy (non-hydrogen) atoms. The van der Waals surface area contributed by atoms with Gasteiger partial charge >= 0.3 is 0 Å². The molecule has 0 heterocycles. The van der Waals surface area contributed by atoms with Crippen LogP contribution in [0.15, 0.2) is 21.1 Å². The molecule has 0 nitrogen and oxygen atoms in total. The zero-order chi connectivity index (χ0) is 14.1. The van der Waals surface area contributed by atoms with Gasteiger partial charge in [-0.1, -0.05) is 73.4 Å². The third-order valence-corrected chi connectivity index (χ3v) is 4.13. The Hall–Kier alpha value is 0.180. The van der Waals surface area contributed by atoms with Gasteiger partial charge in [0.25, 0.3) is 0 Å². The number of rotatable bonds is 2. The second-order valence-electron chi connectivity index (χ2n) is 7.51. The summed E-state index contributed by atoms with van der Waals surface area (Å²) in [7, 11) is 0. The van der Waals surface area contributed by atoms with Crippen LogP contribution in [0.25, 0.3) is 0 Å².